The first-order valence-corrected chi connectivity index (χ1v) is 6.39. The van der Waals surface area contributed by atoms with Crippen molar-refractivity contribution in [2.45, 2.75) is 17.4 Å². The van der Waals surface area contributed by atoms with Crippen molar-refractivity contribution in [3.63, 3.8) is 0 Å². The Hall–Kier alpha value is -1.42. The molecular formula is C12H13N3S. The van der Waals surface area contributed by atoms with Gasteiger partial charge in [-0.3, -0.25) is 5.10 Å². The smallest absolute Gasteiger partial charge is 0.0728 e. The van der Waals surface area contributed by atoms with E-state index < -0.39 is 0 Å². The Morgan fingerprint density at radius 3 is 3.19 bits per heavy atom. The molecular weight excluding hydrogens is 218 g/mol. The van der Waals surface area contributed by atoms with E-state index in [4.69, 9.17) is 0 Å². The molecule has 2 heterocycles. The molecule has 1 aliphatic rings. The zero-order valence-corrected chi connectivity index (χ0v) is 9.63. The van der Waals surface area contributed by atoms with Gasteiger partial charge in [0.25, 0.3) is 0 Å². The lowest BCUT2D eigenvalue weighted by Gasteiger charge is -2.26. The second-order valence-electron chi connectivity index (χ2n) is 3.86. The zero-order chi connectivity index (χ0) is 10.8. The Bertz CT molecular complexity index is 467. The first-order chi connectivity index (χ1) is 7.93. The van der Waals surface area contributed by atoms with E-state index in [2.05, 4.69) is 39.8 Å². The van der Waals surface area contributed by atoms with Gasteiger partial charge >= 0.3 is 0 Å². The lowest BCUT2D eigenvalue weighted by atomic mass is 10.0. The lowest BCUT2D eigenvalue weighted by Crippen LogP contribution is -2.15. The average Bonchev–Trinajstić information content (AvgIpc) is 2.82. The van der Waals surface area contributed by atoms with Gasteiger partial charge in [0.05, 0.1) is 17.9 Å². The van der Waals surface area contributed by atoms with Crippen LogP contribution in [0.4, 0.5) is 5.69 Å². The molecule has 1 aromatic carbocycles. The normalized spacial score (nSPS) is 19.1. The molecule has 0 bridgehead atoms. The van der Waals surface area contributed by atoms with Gasteiger partial charge in [-0.1, -0.05) is 18.2 Å². The van der Waals surface area contributed by atoms with Crippen LogP contribution in [0.15, 0.2) is 41.6 Å². The molecule has 0 saturated carbocycles. The van der Waals surface area contributed by atoms with Crippen molar-refractivity contribution in [3.8, 4) is 0 Å². The van der Waals surface area contributed by atoms with Crippen molar-refractivity contribution < 1.29 is 0 Å². The average molecular weight is 231 g/mol. The van der Waals surface area contributed by atoms with E-state index in [1.165, 1.54) is 16.2 Å². The first-order valence-electron chi connectivity index (χ1n) is 5.40. The largest absolute Gasteiger partial charge is 0.376 e. The minimum absolute atomic E-state index is 0.412. The zero-order valence-electron chi connectivity index (χ0n) is 8.81. The number of hydrogen-bond acceptors (Lipinski definition) is 3. The molecule has 0 spiro atoms. The summed E-state index contributed by atoms with van der Waals surface area (Å²) in [5.74, 6) is 1.17. The Balaban J connectivity index is 1.87. The van der Waals surface area contributed by atoms with Crippen LogP contribution in [0.1, 0.15) is 18.0 Å². The van der Waals surface area contributed by atoms with Crippen LogP contribution in [0.5, 0.6) is 0 Å². The molecule has 2 N–H and O–H groups in total. The third-order valence-electron chi connectivity index (χ3n) is 2.80. The molecule has 1 atom stereocenters. The minimum atomic E-state index is 0.412. The van der Waals surface area contributed by atoms with Crippen molar-refractivity contribution in [2.24, 2.45) is 0 Å². The monoisotopic (exact) mass is 231 g/mol. The first kappa shape index (κ1) is 9.78. The molecule has 0 amide bonds. The maximum Gasteiger partial charge on any atom is 0.0728 e. The molecule has 3 nitrogen and oxygen atoms in total. The number of H-pyrrole nitrogens is 1. The van der Waals surface area contributed by atoms with Gasteiger partial charge in [-0.25, -0.2) is 0 Å². The van der Waals surface area contributed by atoms with Crippen molar-refractivity contribution in [1.29, 1.82) is 0 Å². The predicted molar refractivity (Wildman–Crippen MR) is 66.7 cm³/mol. The van der Waals surface area contributed by atoms with Crippen LogP contribution in [0.2, 0.25) is 0 Å². The van der Waals surface area contributed by atoms with Crippen LogP contribution < -0.4 is 5.32 Å². The summed E-state index contributed by atoms with van der Waals surface area (Å²) in [6.07, 6.45) is 4.88. The number of anilines is 1. The number of aromatic amines is 1. The van der Waals surface area contributed by atoms with Crippen molar-refractivity contribution in [3.05, 3.63) is 42.2 Å². The van der Waals surface area contributed by atoms with E-state index in [0.717, 1.165) is 12.1 Å². The Labute approximate surface area is 98.6 Å². The van der Waals surface area contributed by atoms with Crippen LogP contribution in [-0.2, 0) is 0 Å². The molecule has 0 saturated heterocycles. The molecule has 1 aliphatic heterocycles. The van der Waals surface area contributed by atoms with Crippen LogP contribution >= 0.6 is 11.8 Å². The highest BCUT2D eigenvalue weighted by Gasteiger charge is 2.19. The SMILES string of the molecule is c1ccc2c(c1)SCCC2Nc1cn[nH]c1. The quantitative estimate of drug-likeness (QED) is 0.834. The minimum Gasteiger partial charge on any atom is -0.376 e. The molecule has 0 radical (unpaired) electrons. The van der Waals surface area contributed by atoms with E-state index in [-0.39, 0.29) is 0 Å². The van der Waals surface area contributed by atoms with Gasteiger partial charge in [0.2, 0.25) is 0 Å². The molecule has 82 valence electrons. The fraction of sp³-hybridized carbons (Fsp3) is 0.250. The topological polar surface area (TPSA) is 40.7 Å². The number of aromatic nitrogens is 2. The summed E-state index contributed by atoms with van der Waals surface area (Å²) in [4.78, 5) is 1.40. The Morgan fingerprint density at radius 2 is 2.31 bits per heavy atom. The van der Waals surface area contributed by atoms with Gasteiger partial charge in [0.1, 0.15) is 0 Å². The van der Waals surface area contributed by atoms with Crippen molar-refractivity contribution >= 4 is 17.4 Å². The second kappa shape index (κ2) is 4.22. The maximum absolute atomic E-state index is 3.95. The summed E-state index contributed by atoms with van der Waals surface area (Å²) in [6, 6.07) is 9.03. The molecule has 0 aliphatic carbocycles. The molecule has 16 heavy (non-hydrogen) atoms. The van der Waals surface area contributed by atoms with Crippen molar-refractivity contribution in [1.82, 2.24) is 10.2 Å². The van der Waals surface area contributed by atoms with Crippen LogP contribution in [0, 0.1) is 0 Å². The van der Waals surface area contributed by atoms with Crippen molar-refractivity contribution in [2.75, 3.05) is 11.1 Å². The summed E-state index contributed by atoms with van der Waals surface area (Å²) in [5.41, 5.74) is 2.46. The number of nitrogens with one attached hydrogen (secondary N) is 2. The van der Waals surface area contributed by atoms with E-state index >= 15 is 0 Å². The number of fused-ring (bicyclic) bond motifs is 1. The van der Waals surface area contributed by atoms with Gasteiger partial charge in [-0.15, -0.1) is 11.8 Å². The fourth-order valence-corrected chi connectivity index (χ4v) is 3.15. The number of rotatable bonds is 2. The van der Waals surface area contributed by atoms with E-state index in [0.29, 0.717) is 6.04 Å². The summed E-state index contributed by atoms with van der Waals surface area (Å²) in [6.45, 7) is 0. The highest BCUT2D eigenvalue weighted by atomic mass is 32.2. The third-order valence-corrected chi connectivity index (χ3v) is 3.92. The highest BCUT2D eigenvalue weighted by Crippen LogP contribution is 2.37. The van der Waals surface area contributed by atoms with E-state index in [9.17, 15) is 0 Å². The lowest BCUT2D eigenvalue weighted by molar-refractivity contribution is 0.729. The number of benzene rings is 1. The number of nitrogens with zero attached hydrogens (tertiary/aromatic N) is 1. The summed E-state index contributed by atoms with van der Waals surface area (Å²) in [7, 11) is 0. The van der Waals surface area contributed by atoms with Gasteiger partial charge in [-0.2, -0.15) is 5.10 Å². The molecule has 1 unspecified atom stereocenters. The summed E-state index contributed by atoms with van der Waals surface area (Å²) >= 11 is 1.94. The van der Waals surface area contributed by atoms with Crippen LogP contribution in [0.3, 0.4) is 0 Å². The fourth-order valence-electron chi connectivity index (χ4n) is 2.02. The number of hydrogen-bond donors (Lipinski definition) is 2. The van der Waals surface area contributed by atoms with E-state index in [1.54, 1.807) is 0 Å². The molecule has 0 fully saturated rings. The Kier molecular flexibility index (Phi) is 2.58. The Morgan fingerprint density at radius 1 is 1.38 bits per heavy atom. The standard InChI is InChI=1S/C12H13N3S/c1-2-4-12-10(3-1)11(5-6-16-12)15-9-7-13-14-8-9/h1-4,7-8,11,15H,5-6H2,(H,13,14). The van der Waals surface area contributed by atoms with Gasteiger partial charge < -0.3 is 5.32 Å². The van der Waals surface area contributed by atoms with Crippen LogP contribution in [0.25, 0.3) is 0 Å². The molecule has 3 rings (SSSR count). The van der Waals surface area contributed by atoms with E-state index in [1.807, 2.05) is 24.2 Å². The summed E-state index contributed by atoms with van der Waals surface area (Å²) < 4.78 is 0. The van der Waals surface area contributed by atoms with Crippen LogP contribution in [-0.4, -0.2) is 16.0 Å². The van der Waals surface area contributed by atoms with Gasteiger partial charge in [0.15, 0.2) is 0 Å². The molecule has 1 aromatic heterocycles. The molecule has 4 heteroatoms. The second-order valence-corrected chi connectivity index (χ2v) is 5.00. The third kappa shape index (κ3) is 1.80. The van der Waals surface area contributed by atoms with Gasteiger partial charge in [-0.05, 0) is 18.1 Å². The highest BCUT2D eigenvalue weighted by molar-refractivity contribution is 7.99. The summed E-state index contributed by atoms with van der Waals surface area (Å²) in [5, 5.41) is 10.3. The molecule has 2 aromatic rings. The maximum atomic E-state index is 3.95. The number of thioether (sulfide) groups is 1. The van der Waals surface area contributed by atoms with Gasteiger partial charge in [0, 0.05) is 16.8 Å². The predicted octanol–water partition coefficient (Wildman–Crippen LogP) is 3.06.